The molecule has 0 bridgehead atoms. The van der Waals surface area contributed by atoms with E-state index in [1.54, 1.807) is 6.07 Å². The van der Waals surface area contributed by atoms with Crippen molar-refractivity contribution in [2.45, 2.75) is 6.18 Å². The van der Waals surface area contributed by atoms with Crippen LogP contribution in [0.5, 0.6) is 0 Å². The molecule has 2 N–H and O–H groups in total. The summed E-state index contributed by atoms with van der Waals surface area (Å²) in [5.74, 6) is 0.299. The summed E-state index contributed by atoms with van der Waals surface area (Å²) < 4.78 is 59.0. The van der Waals surface area contributed by atoms with Crippen LogP contribution in [-0.2, 0) is 10.9 Å². The summed E-state index contributed by atoms with van der Waals surface area (Å²) in [4.78, 5) is 12.0. The van der Waals surface area contributed by atoms with Crippen molar-refractivity contribution in [2.24, 2.45) is 0 Å². The molecule has 162 valence electrons. The highest BCUT2D eigenvalue weighted by Crippen LogP contribution is 2.33. The molecule has 0 aliphatic carbocycles. The topological polar surface area (TPSA) is 65.5 Å². The first kappa shape index (κ1) is 20.6. The summed E-state index contributed by atoms with van der Waals surface area (Å²) in [6, 6.07) is 3.75. The second-order valence-electron chi connectivity index (χ2n) is 7.06. The molecular formula is C19H22F4N6O. The van der Waals surface area contributed by atoms with Gasteiger partial charge < -0.3 is 25.2 Å². The van der Waals surface area contributed by atoms with Crippen molar-refractivity contribution in [1.82, 2.24) is 15.3 Å². The molecule has 2 aliphatic heterocycles. The lowest BCUT2D eigenvalue weighted by molar-refractivity contribution is -0.137. The van der Waals surface area contributed by atoms with Gasteiger partial charge in [-0.3, -0.25) is 0 Å². The quantitative estimate of drug-likeness (QED) is 0.729. The molecule has 2 saturated heterocycles. The van der Waals surface area contributed by atoms with E-state index in [0.29, 0.717) is 50.9 Å². The molecule has 0 aromatic carbocycles. The molecule has 4 rings (SSSR count). The monoisotopic (exact) mass is 426 g/mol. The van der Waals surface area contributed by atoms with Crippen molar-refractivity contribution >= 4 is 23.1 Å². The number of aromatic nitrogens is 2. The van der Waals surface area contributed by atoms with Crippen LogP contribution in [0.15, 0.2) is 24.4 Å². The van der Waals surface area contributed by atoms with Crippen molar-refractivity contribution in [1.29, 1.82) is 0 Å². The van der Waals surface area contributed by atoms with Crippen molar-refractivity contribution < 1.29 is 22.3 Å². The van der Waals surface area contributed by atoms with E-state index in [4.69, 9.17) is 4.74 Å². The largest absolute Gasteiger partial charge is 0.417 e. The van der Waals surface area contributed by atoms with Gasteiger partial charge in [0.05, 0.1) is 24.5 Å². The Labute approximate surface area is 171 Å². The number of anilines is 4. The summed E-state index contributed by atoms with van der Waals surface area (Å²) in [5.41, 5.74) is -0.432. The van der Waals surface area contributed by atoms with Crippen molar-refractivity contribution in [3.05, 3.63) is 35.8 Å². The Balaban J connectivity index is 1.65. The van der Waals surface area contributed by atoms with Crippen molar-refractivity contribution in [3.63, 3.8) is 0 Å². The molecular weight excluding hydrogens is 404 g/mol. The van der Waals surface area contributed by atoms with Gasteiger partial charge in [-0.1, -0.05) is 0 Å². The molecule has 0 amide bonds. The van der Waals surface area contributed by atoms with Crippen LogP contribution in [0.2, 0.25) is 0 Å². The van der Waals surface area contributed by atoms with Crippen molar-refractivity contribution in [2.75, 3.05) is 67.6 Å². The molecule has 2 aromatic rings. The van der Waals surface area contributed by atoms with Gasteiger partial charge in [-0.05, 0) is 12.1 Å². The number of ether oxygens (including phenoxy) is 1. The number of nitrogens with zero attached hydrogens (tertiary/aromatic N) is 4. The molecule has 4 heterocycles. The third-order valence-electron chi connectivity index (χ3n) is 5.04. The third-order valence-corrected chi connectivity index (χ3v) is 5.04. The van der Waals surface area contributed by atoms with E-state index in [9.17, 15) is 13.2 Å². The zero-order valence-electron chi connectivity index (χ0n) is 16.2. The molecule has 11 heteroatoms. The van der Waals surface area contributed by atoms with Crippen LogP contribution < -0.4 is 20.4 Å². The van der Waals surface area contributed by atoms with Gasteiger partial charge in [0, 0.05) is 51.5 Å². The Morgan fingerprint density at radius 2 is 1.73 bits per heavy atom. The van der Waals surface area contributed by atoms with Gasteiger partial charge in [-0.25, -0.2) is 14.4 Å². The summed E-state index contributed by atoms with van der Waals surface area (Å²) >= 11 is 0. The zero-order valence-corrected chi connectivity index (χ0v) is 16.2. The molecule has 0 atom stereocenters. The average Bonchev–Trinajstić information content (AvgIpc) is 2.76. The number of nitrogens with one attached hydrogen (secondary N) is 2. The minimum absolute atomic E-state index is 0.196. The molecule has 0 saturated carbocycles. The molecule has 0 radical (unpaired) electrons. The maximum Gasteiger partial charge on any atom is 0.417 e. The number of halogens is 4. The normalized spacial score (nSPS) is 17.9. The molecule has 7 nitrogen and oxygen atoms in total. The highest BCUT2D eigenvalue weighted by Gasteiger charge is 2.30. The molecule has 30 heavy (non-hydrogen) atoms. The number of alkyl halides is 3. The van der Waals surface area contributed by atoms with Crippen LogP contribution in [0.3, 0.4) is 0 Å². The molecule has 2 fully saturated rings. The molecule has 0 spiro atoms. The highest BCUT2D eigenvalue weighted by molar-refractivity contribution is 5.67. The number of piperazine rings is 1. The number of pyridine rings is 2. The smallest absolute Gasteiger partial charge is 0.378 e. The Morgan fingerprint density at radius 3 is 2.37 bits per heavy atom. The third kappa shape index (κ3) is 4.57. The van der Waals surface area contributed by atoms with E-state index in [-0.39, 0.29) is 11.6 Å². The second-order valence-corrected chi connectivity index (χ2v) is 7.06. The Bertz CT molecular complexity index is 825. The first-order chi connectivity index (χ1) is 14.4. The van der Waals surface area contributed by atoms with E-state index in [0.717, 1.165) is 25.4 Å². The fourth-order valence-corrected chi connectivity index (χ4v) is 3.45. The van der Waals surface area contributed by atoms with Gasteiger partial charge >= 0.3 is 6.18 Å². The number of rotatable bonds is 4. The van der Waals surface area contributed by atoms with E-state index in [1.165, 1.54) is 6.07 Å². The van der Waals surface area contributed by atoms with Gasteiger partial charge in [0.25, 0.3) is 0 Å². The summed E-state index contributed by atoms with van der Waals surface area (Å²) in [6.07, 6.45) is -3.70. The molecule has 0 unspecified atom stereocenters. The highest BCUT2D eigenvalue weighted by atomic mass is 19.4. The van der Waals surface area contributed by atoms with Crippen LogP contribution in [0.25, 0.3) is 0 Å². The lowest BCUT2D eigenvalue weighted by Crippen LogP contribution is -2.44. The summed E-state index contributed by atoms with van der Waals surface area (Å²) in [5, 5.41) is 6.14. The minimum Gasteiger partial charge on any atom is -0.378 e. The lowest BCUT2D eigenvalue weighted by atomic mass is 10.2. The SMILES string of the molecule is Fc1c(N2CCNCC2)cc(Nc2ccc(C(F)(F)F)cn2)nc1N1CCOCC1. The van der Waals surface area contributed by atoms with Crippen LogP contribution in [-0.4, -0.2) is 62.5 Å². The van der Waals surface area contributed by atoms with E-state index < -0.39 is 17.6 Å². The van der Waals surface area contributed by atoms with Gasteiger partial charge in [0.1, 0.15) is 11.6 Å². The zero-order chi connectivity index (χ0) is 21.1. The number of hydrogen-bond donors (Lipinski definition) is 2. The Kier molecular flexibility index (Phi) is 5.91. The first-order valence-electron chi connectivity index (χ1n) is 9.71. The number of hydrogen-bond acceptors (Lipinski definition) is 7. The van der Waals surface area contributed by atoms with Crippen molar-refractivity contribution in [3.8, 4) is 0 Å². The maximum absolute atomic E-state index is 15.4. The molecule has 2 aliphatic rings. The summed E-state index contributed by atoms with van der Waals surface area (Å²) in [6.45, 7) is 4.71. The summed E-state index contributed by atoms with van der Waals surface area (Å²) in [7, 11) is 0. The van der Waals surface area contributed by atoms with Gasteiger partial charge in [-0.2, -0.15) is 13.2 Å². The van der Waals surface area contributed by atoms with Crippen LogP contribution in [0.1, 0.15) is 5.56 Å². The maximum atomic E-state index is 15.4. The predicted octanol–water partition coefficient (Wildman–Crippen LogP) is 2.62. The molecule has 2 aromatic heterocycles. The van der Waals surface area contributed by atoms with Crippen LogP contribution in [0.4, 0.5) is 40.7 Å². The fourth-order valence-electron chi connectivity index (χ4n) is 3.45. The van der Waals surface area contributed by atoms with Gasteiger partial charge in [0.15, 0.2) is 11.6 Å². The Morgan fingerprint density at radius 1 is 1.00 bits per heavy atom. The van der Waals surface area contributed by atoms with Crippen LogP contribution in [0, 0.1) is 5.82 Å². The van der Waals surface area contributed by atoms with Gasteiger partial charge in [0.2, 0.25) is 0 Å². The lowest BCUT2D eigenvalue weighted by Gasteiger charge is -2.33. The average molecular weight is 426 g/mol. The fraction of sp³-hybridized carbons (Fsp3) is 0.474. The van der Waals surface area contributed by atoms with Gasteiger partial charge in [-0.15, -0.1) is 0 Å². The van der Waals surface area contributed by atoms with E-state index in [1.807, 2.05) is 9.80 Å². The standard InChI is InChI=1S/C19H22F4N6O/c20-17-14(28-5-3-24-4-6-28)11-16(27-18(17)29-7-9-30-10-8-29)26-15-2-1-13(12-25-15)19(21,22)23/h1-2,11-12,24H,3-10H2,(H,25,26,27). The first-order valence-corrected chi connectivity index (χ1v) is 9.71. The van der Waals surface area contributed by atoms with E-state index in [2.05, 4.69) is 20.6 Å². The number of morpholine rings is 1. The second kappa shape index (κ2) is 8.60. The van der Waals surface area contributed by atoms with Crippen LogP contribution >= 0.6 is 0 Å². The Hall–Kier alpha value is -2.66. The predicted molar refractivity (Wildman–Crippen MR) is 105 cm³/mol. The minimum atomic E-state index is -4.46. The van der Waals surface area contributed by atoms with E-state index >= 15 is 4.39 Å².